The smallest absolute Gasteiger partial charge is 0.356 e. The molecule has 0 saturated carbocycles. The highest BCUT2D eigenvalue weighted by atomic mass is 127. The van der Waals surface area contributed by atoms with Gasteiger partial charge in [0.05, 0.1) is 5.01 Å². The molecule has 0 unspecified atom stereocenters. The molecule has 2 heterocycles. The zero-order chi connectivity index (χ0) is 19.2. The molecule has 1 aliphatic heterocycles. The Balaban J connectivity index is 0.00000364. The predicted molar refractivity (Wildman–Crippen MR) is 115 cm³/mol. The average molecular weight is 519 g/mol. The van der Waals surface area contributed by atoms with Crippen LogP contribution in [-0.4, -0.2) is 54.6 Å². The number of aromatic nitrogens is 1. The van der Waals surface area contributed by atoms with E-state index in [-0.39, 0.29) is 29.5 Å². The molecule has 2 N–H and O–H groups in total. The third-order valence-corrected chi connectivity index (χ3v) is 5.51. The fourth-order valence-electron chi connectivity index (χ4n) is 2.98. The van der Waals surface area contributed by atoms with Crippen LogP contribution in [-0.2, 0) is 12.6 Å². The topological polar surface area (TPSA) is 52.6 Å². The zero-order valence-electron chi connectivity index (χ0n) is 16.0. The van der Waals surface area contributed by atoms with Crippen molar-refractivity contribution in [2.24, 2.45) is 4.99 Å². The van der Waals surface area contributed by atoms with Crippen LogP contribution in [0.4, 0.5) is 13.2 Å². The van der Waals surface area contributed by atoms with Crippen molar-refractivity contribution in [3.8, 4) is 0 Å². The lowest BCUT2D eigenvalue weighted by Gasteiger charge is -2.41. The third kappa shape index (κ3) is 7.72. The number of halogens is 4. The fraction of sp³-hybridized carbons (Fsp3) is 0.765. The Morgan fingerprint density at radius 2 is 1.89 bits per heavy atom. The van der Waals surface area contributed by atoms with Gasteiger partial charge in [-0.15, -0.1) is 35.3 Å². The SMILES string of the molecule is CN=C(NCCc1nc(C(F)(F)F)cs1)NCC(C)(C)N1CCCCC1.I. The van der Waals surface area contributed by atoms with Gasteiger partial charge < -0.3 is 10.6 Å². The minimum absolute atomic E-state index is 0. The van der Waals surface area contributed by atoms with Crippen LogP contribution >= 0.6 is 35.3 Å². The van der Waals surface area contributed by atoms with Gasteiger partial charge in [-0.25, -0.2) is 4.98 Å². The molecule has 0 atom stereocenters. The van der Waals surface area contributed by atoms with Crippen molar-refractivity contribution in [3.63, 3.8) is 0 Å². The van der Waals surface area contributed by atoms with Gasteiger partial charge in [-0.3, -0.25) is 9.89 Å². The summed E-state index contributed by atoms with van der Waals surface area (Å²) in [5.74, 6) is 0.655. The summed E-state index contributed by atoms with van der Waals surface area (Å²) in [5.41, 5.74) is -0.794. The van der Waals surface area contributed by atoms with Gasteiger partial charge in [-0.1, -0.05) is 6.42 Å². The van der Waals surface area contributed by atoms with Crippen LogP contribution in [0.15, 0.2) is 10.4 Å². The Bertz CT molecular complexity index is 598. The second-order valence-electron chi connectivity index (χ2n) is 7.09. The molecule has 0 aromatic carbocycles. The molecule has 156 valence electrons. The average Bonchev–Trinajstić information content (AvgIpc) is 3.08. The van der Waals surface area contributed by atoms with Gasteiger partial charge >= 0.3 is 6.18 Å². The molecular weight excluding hydrogens is 490 g/mol. The molecule has 0 amide bonds. The number of rotatable bonds is 6. The van der Waals surface area contributed by atoms with Gasteiger partial charge in [0, 0.05) is 37.5 Å². The molecule has 5 nitrogen and oxygen atoms in total. The van der Waals surface area contributed by atoms with Gasteiger partial charge in [0.15, 0.2) is 11.7 Å². The van der Waals surface area contributed by atoms with Gasteiger partial charge in [0.1, 0.15) is 0 Å². The number of hydrogen-bond donors (Lipinski definition) is 2. The molecule has 2 rings (SSSR count). The highest BCUT2D eigenvalue weighted by Crippen LogP contribution is 2.30. The van der Waals surface area contributed by atoms with E-state index in [4.69, 9.17) is 0 Å². The lowest BCUT2D eigenvalue weighted by Crippen LogP contribution is -2.55. The first kappa shape index (κ1) is 24.4. The summed E-state index contributed by atoms with van der Waals surface area (Å²) in [7, 11) is 1.69. The predicted octanol–water partition coefficient (Wildman–Crippen LogP) is 3.75. The minimum atomic E-state index is -4.38. The molecule has 10 heteroatoms. The standard InChI is InChI=1S/C17H28F3N5S.HI/c1-16(2,25-9-5-4-6-10-25)12-23-15(21-3)22-8-7-14-24-13(11-26-14)17(18,19)20;/h11H,4-10,12H2,1-3H3,(H2,21,22,23);1H. The van der Waals surface area contributed by atoms with E-state index in [1.807, 2.05) is 0 Å². The summed E-state index contributed by atoms with van der Waals surface area (Å²) in [5, 5.41) is 8.00. The number of thiazole rings is 1. The monoisotopic (exact) mass is 519 g/mol. The van der Waals surface area contributed by atoms with Crippen LogP contribution in [0.25, 0.3) is 0 Å². The number of nitrogens with zero attached hydrogens (tertiary/aromatic N) is 3. The van der Waals surface area contributed by atoms with Crippen LogP contribution in [0, 0.1) is 0 Å². The summed E-state index contributed by atoms with van der Waals surface area (Å²) in [4.78, 5) is 10.3. The lowest BCUT2D eigenvalue weighted by atomic mass is 9.98. The van der Waals surface area contributed by atoms with Gasteiger partial charge in [-0.05, 0) is 39.8 Å². The van der Waals surface area contributed by atoms with E-state index in [0.717, 1.165) is 36.4 Å². The number of nitrogens with one attached hydrogen (secondary N) is 2. The Kier molecular flexibility index (Phi) is 9.76. The maximum absolute atomic E-state index is 12.6. The number of guanidine groups is 1. The van der Waals surface area contributed by atoms with Crippen molar-refractivity contribution < 1.29 is 13.2 Å². The fourth-order valence-corrected chi connectivity index (χ4v) is 3.78. The highest BCUT2D eigenvalue weighted by molar-refractivity contribution is 14.0. The van der Waals surface area contributed by atoms with Gasteiger partial charge in [-0.2, -0.15) is 13.2 Å². The van der Waals surface area contributed by atoms with E-state index in [1.165, 1.54) is 19.3 Å². The number of hydrogen-bond acceptors (Lipinski definition) is 4. The van der Waals surface area contributed by atoms with E-state index in [9.17, 15) is 13.2 Å². The van der Waals surface area contributed by atoms with E-state index >= 15 is 0 Å². The summed E-state index contributed by atoms with van der Waals surface area (Å²) in [6.07, 6.45) is -0.166. The van der Waals surface area contributed by atoms with E-state index < -0.39 is 11.9 Å². The second kappa shape index (κ2) is 10.8. The molecular formula is C17H29F3IN5S. The molecule has 0 bridgehead atoms. The van der Waals surface area contributed by atoms with Crippen molar-refractivity contribution in [2.45, 2.75) is 51.2 Å². The van der Waals surface area contributed by atoms with Crippen molar-refractivity contribution in [1.29, 1.82) is 0 Å². The van der Waals surface area contributed by atoms with Gasteiger partial charge in [0.25, 0.3) is 0 Å². The van der Waals surface area contributed by atoms with Crippen molar-refractivity contribution in [1.82, 2.24) is 20.5 Å². The molecule has 1 fully saturated rings. The third-order valence-electron chi connectivity index (χ3n) is 4.60. The zero-order valence-corrected chi connectivity index (χ0v) is 19.2. The summed E-state index contributed by atoms with van der Waals surface area (Å²) in [6.45, 7) is 7.90. The number of aliphatic imine (C=N–C) groups is 1. The molecule has 0 spiro atoms. The molecule has 1 saturated heterocycles. The quantitative estimate of drug-likeness (QED) is 0.342. The Labute approximate surface area is 180 Å². The molecule has 1 aromatic rings. The van der Waals surface area contributed by atoms with Crippen LogP contribution in [0.2, 0.25) is 0 Å². The van der Waals surface area contributed by atoms with E-state index in [1.54, 1.807) is 7.05 Å². The Morgan fingerprint density at radius 1 is 1.22 bits per heavy atom. The molecule has 27 heavy (non-hydrogen) atoms. The maximum atomic E-state index is 12.6. The first-order chi connectivity index (χ1) is 12.2. The van der Waals surface area contributed by atoms with Crippen molar-refractivity contribution in [2.75, 3.05) is 33.2 Å². The number of alkyl halides is 3. The molecule has 0 radical (unpaired) electrons. The van der Waals surface area contributed by atoms with Crippen LogP contribution < -0.4 is 10.6 Å². The molecule has 1 aliphatic rings. The summed E-state index contributed by atoms with van der Waals surface area (Å²) < 4.78 is 37.7. The summed E-state index contributed by atoms with van der Waals surface area (Å²) >= 11 is 1.03. The van der Waals surface area contributed by atoms with Crippen LogP contribution in [0.1, 0.15) is 43.8 Å². The number of piperidine rings is 1. The molecule has 1 aromatic heterocycles. The number of likely N-dealkylation sites (tertiary alicyclic amines) is 1. The summed E-state index contributed by atoms with van der Waals surface area (Å²) in [6, 6.07) is 0. The Morgan fingerprint density at radius 3 is 2.44 bits per heavy atom. The first-order valence-electron chi connectivity index (χ1n) is 8.93. The first-order valence-corrected chi connectivity index (χ1v) is 9.81. The second-order valence-corrected chi connectivity index (χ2v) is 8.03. The van der Waals surface area contributed by atoms with Crippen LogP contribution in [0.3, 0.4) is 0 Å². The lowest BCUT2D eigenvalue weighted by molar-refractivity contribution is -0.140. The highest BCUT2D eigenvalue weighted by Gasteiger charge is 2.33. The van der Waals surface area contributed by atoms with Crippen molar-refractivity contribution in [3.05, 3.63) is 16.1 Å². The van der Waals surface area contributed by atoms with Crippen molar-refractivity contribution >= 4 is 41.3 Å². The normalized spacial score (nSPS) is 16.7. The maximum Gasteiger partial charge on any atom is 0.434 e. The molecule has 0 aliphatic carbocycles. The Hall–Kier alpha value is -0.620. The largest absolute Gasteiger partial charge is 0.434 e. The van der Waals surface area contributed by atoms with Gasteiger partial charge in [0.2, 0.25) is 0 Å². The van der Waals surface area contributed by atoms with E-state index in [0.29, 0.717) is 23.9 Å². The van der Waals surface area contributed by atoms with E-state index in [2.05, 4.69) is 39.4 Å². The van der Waals surface area contributed by atoms with Crippen LogP contribution in [0.5, 0.6) is 0 Å². The minimum Gasteiger partial charge on any atom is -0.356 e.